The van der Waals surface area contributed by atoms with E-state index in [0.717, 1.165) is 8.04 Å². The average molecular weight is 314 g/mol. The van der Waals surface area contributed by atoms with Crippen molar-refractivity contribution in [3.8, 4) is 0 Å². The van der Waals surface area contributed by atoms with Gasteiger partial charge in [-0.05, 0) is 38.5 Å². The van der Waals surface area contributed by atoms with Gasteiger partial charge in [0.15, 0.2) is 0 Å². The Morgan fingerprint density at radius 1 is 1.70 bits per heavy atom. The van der Waals surface area contributed by atoms with Crippen LogP contribution in [0.2, 0.25) is 0 Å². The summed E-state index contributed by atoms with van der Waals surface area (Å²) in [6, 6.07) is 1.56. The predicted molar refractivity (Wildman–Crippen MR) is 52.1 cm³/mol. The van der Waals surface area contributed by atoms with Crippen LogP contribution in [-0.2, 0) is 7.05 Å². The second-order valence-corrected chi connectivity index (χ2v) is 3.93. The molecule has 54 valence electrons. The van der Waals surface area contributed by atoms with Crippen LogP contribution in [0.25, 0.3) is 0 Å². The fraction of sp³-hybridized carbons (Fsp3) is 0.167. The van der Waals surface area contributed by atoms with Crippen molar-refractivity contribution in [2.24, 2.45) is 7.05 Å². The number of nitrogens with zero attached hydrogens (tertiary/aromatic N) is 1. The van der Waals surface area contributed by atoms with Crippen LogP contribution in [0.1, 0.15) is 0 Å². The fourth-order valence-corrected chi connectivity index (χ4v) is 1.45. The highest BCUT2D eigenvalue weighted by Gasteiger charge is 1.97. The lowest BCUT2D eigenvalue weighted by Gasteiger charge is -1.98. The molecule has 0 radical (unpaired) electrons. The molecule has 0 bridgehead atoms. The van der Waals surface area contributed by atoms with Crippen LogP contribution in [0, 0.1) is 3.57 Å². The zero-order valence-corrected chi connectivity index (χ0v) is 9.01. The molecule has 0 spiro atoms. The van der Waals surface area contributed by atoms with Crippen LogP contribution in [0.3, 0.4) is 0 Å². The van der Waals surface area contributed by atoms with Crippen LogP contribution in [0.15, 0.2) is 21.5 Å². The topological polar surface area (TPSA) is 22.0 Å². The standard InChI is InChI=1S/C6H5BrINO/c1-9-3-5(8)4(7)2-6(9)10/h2-3H,1H3. The van der Waals surface area contributed by atoms with Crippen LogP contribution in [0.4, 0.5) is 0 Å². The van der Waals surface area contributed by atoms with E-state index in [4.69, 9.17) is 0 Å². The maximum atomic E-state index is 10.9. The van der Waals surface area contributed by atoms with Crippen molar-refractivity contribution in [2.75, 3.05) is 0 Å². The Hall–Kier alpha value is 0.160. The fourth-order valence-electron chi connectivity index (χ4n) is 0.574. The molecule has 0 saturated heterocycles. The smallest absolute Gasteiger partial charge is 0.251 e. The van der Waals surface area contributed by atoms with Gasteiger partial charge in [-0.3, -0.25) is 4.79 Å². The Kier molecular flexibility index (Phi) is 2.51. The number of aryl methyl sites for hydroxylation is 1. The molecule has 1 heterocycles. The lowest BCUT2D eigenvalue weighted by atomic mass is 10.5. The van der Waals surface area contributed by atoms with E-state index >= 15 is 0 Å². The normalized spacial score (nSPS) is 9.90. The van der Waals surface area contributed by atoms with Gasteiger partial charge in [0.25, 0.3) is 5.56 Å². The predicted octanol–water partition coefficient (Wildman–Crippen LogP) is 1.75. The Bertz CT molecular complexity index is 307. The quantitative estimate of drug-likeness (QED) is 0.669. The van der Waals surface area contributed by atoms with Crippen LogP contribution in [-0.4, -0.2) is 4.57 Å². The van der Waals surface area contributed by atoms with Crippen LogP contribution < -0.4 is 5.56 Å². The van der Waals surface area contributed by atoms with Gasteiger partial charge in [-0.1, -0.05) is 0 Å². The summed E-state index contributed by atoms with van der Waals surface area (Å²) in [5.74, 6) is 0. The number of aromatic nitrogens is 1. The molecule has 1 aromatic rings. The van der Waals surface area contributed by atoms with Gasteiger partial charge in [0.1, 0.15) is 0 Å². The van der Waals surface area contributed by atoms with Crippen molar-refractivity contribution in [1.29, 1.82) is 0 Å². The Labute approximate surface area is 80.5 Å². The lowest BCUT2D eigenvalue weighted by molar-refractivity contribution is 0.852. The number of pyridine rings is 1. The van der Waals surface area contributed by atoms with Crippen molar-refractivity contribution >= 4 is 38.5 Å². The monoisotopic (exact) mass is 313 g/mol. The SMILES string of the molecule is Cn1cc(I)c(Br)cc1=O. The van der Waals surface area contributed by atoms with Crippen LogP contribution >= 0.6 is 38.5 Å². The molecule has 4 heteroatoms. The molecule has 0 saturated carbocycles. The summed E-state index contributed by atoms with van der Waals surface area (Å²) in [6.07, 6.45) is 1.78. The molecule has 2 nitrogen and oxygen atoms in total. The number of hydrogen-bond donors (Lipinski definition) is 0. The molecule has 1 aromatic heterocycles. The summed E-state index contributed by atoms with van der Waals surface area (Å²) >= 11 is 5.42. The molecule has 0 atom stereocenters. The molecule has 0 unspecified atom stereocenters. The van der Waals surface area contributed by atoms with Gasteiger partial charge in [-0.2, -0.15) is 0 Å². The largest absolute Gasteiger partial charge is 0.317 e. The summed E-state index contributed by atoms with van der Waals surface area (Å²) in [6.45, 7) is 0. The Morgan fingerprint density at radius 3 is 2.80 bits per heavy atom. The maximum Gasteiger partial charge on any atom is 0.251 e. The highest BCUT2D eigenvalue weighted by atomic mass is 127. The summed E-state index contributed by atoms with van der Waals surface area (Å²) in [5, 5.41) is 0. The maximum absolute atomic E-state index is 10.9. The number of halogens is 2. The van der Waals surface area contributed by atoms with Gasteiger partial charge in [-0.25, -0.2) is 0 Å². The first kappa shape index (κ1) is 8.26. The lowest BCUT2D eigenvalue weighted by Crippen LogP contribution is -2.14. The first-order valence-electron chi connectivity index (χ1n) is 2.63. The van der Waals surface area contributed by atoms with Gasteiger partial charge in [0.05, 0.1) is 0 Å². The summed E-state index contributed by atoms with van der Waals surface area (Å²) in [5.41, 5.74) is 0.00675. The van der Waals surface area contributed by atoms with E-state index in [9.17, 15) is 4.79 Å². The van der Waals surface area contributed by atoms with E-state index in [0.29, 0.717) is 0 Å². The first-order valence-corrected chi connectivity index (χ1v) is 4.50. The minimum atomic E-state index is 0.00675. The summed E-state index contributed by atoms with van der Waals surface area (Å²) in [4.78, 5) is 10.9. The van der Waals surface area contributed by atoms with E-state index < -0.39 is 0 Å². The minimum absolute atomic E-state index is 0.00675. The molecule has 1 rings (SSSR count). The molecule has 0 aliphatic heterocycles. The van der Waals surface area contributed by atoms with Crippen molar-refractivity contribution in [3.63, 3.8) is 0 Å². The van der Waals surface area contributed by atoms with Crippen molar-refractivity contribution < 1.29 is 0 Å². The van der Waals surface area contributed by atoms with Gasteiger partial charge in [-0.15, -0.1) is 0 Å². The molecule has 0 aliphatic carbocycles. The Morgan fingerprint density at radius 2 is 2.30 bits per heavy atom. The van der Waals surface area contributed by atoms with E-state index in [1.807, 2.05) is 0 Å². The van der Waals surface area contributed by atoms with Crippen LogP contribution in [0.5, 0.6) is 0 Å². The third-order valence-corrected chi connectivity index (χ3v) is 3.39. The van der Waals surface area contributed by atoms with E-state index in [-0.39, 0.29) is 5.56 Å². The minimum Gasteiger partial charge on any atom is -0.317 e. The second kappa shape index (κ2) is 3.04. The third-order valence-electron chi connectivity index (χ3n) is 1.13. The van der Waals surface area contributed by atoms with Gasteiger partial charge >= 0.3 is 0 Å². The van der Waals surface area contributed by atoms with E-state index in [1.165, 1.54) is 0 Å². The van der Waals surface area contributed by atoms with Crippen molar-refractivity contribution in [1.82, 2.24) is 4.57 Å². The molecule has 10 heavy (non-hydrogen) atoms. The van der Waals surface area contributed by atoms with Crippen molar-refractivity contribution in [3.05, 3.63) is 30.7 Å². The Balaban J connectivity index is 3.43. The molecule has 0 N–H and O–H groups in total. The molecule has 0 aliphatic rings. The zero-order valence-electron chi connectivity index (χ0n) is 5.27. The number of rotatable bonds is 0. The van der Waals surface area contributed by atoms with Crippen molar-refractivity contribution in [2.45, 2.75) is 0 Å². The molecule has 0 aromatic carbocycles. The summed E-state index contributed by atoms with van der Waals surface area (Å²) < 4.78 is 3.45. The average Bonchev–Trinajstić information content (AvgIpc) is 1.84. The molecular weight excluding hydrogens is 309 g/mol. The second-order valence-electron chi connectivity index (χ2n) is 1.92. The highest BCUT2D eigenvalue weighted by molar-refractivity contribution is 14.1. The van der Waals surface area contributed by atoms with Gasteiger partial charge in [0.2, 0.25) is 0 Å². The highest BCUT2D eigenvalue weighted by Crippen LogP contribution is 2.14. The van der Waals surface area contributed by atoms with E-state index in [1.54, 1.807) is 23.9 Å². The third kappa shape index (κ3) is 1.60. The summed E-state index contributed by atoms with van der Waals surface area (Å²) in [7, 11) is 1.73. The molecule has 0 fully saturated rings. The first-order chi connectivity index (χ1) is 4.61. The number of hydrogen-bond acceptors (Lipinski definition) is 1. The van der Waals surface area contributed by atoms with E-state index in [2.05, 4.69) is 38.5 Å². The zero-order chi connectivity index (χ0) is 7.72. The molecular formula is C6H5BrINO. The molecule has 0 amide bonds. The van der Waals surface area contributed by atoms with Gasteiger partial charge < -0.3 is 4.57 Å². The van der Waals surface area contributed by atoms with Gasteiger partial charge in [0, 0.05) is 27.4 Å².